The van der Waals surface area contributed by atoms with E-state index in [0.29, 0.717) is 5.70 Å². The first-order chi connectivity index (χ1) is 7.36. The first-order valence-corrected chi connectivity index (χ1v) is 4.77. The molecule has 0 amide bonds. The van der Waals surface area contributed by atoms with E-state index < -0.39 is 11.6 Å². The number of nitrogens with zero attached hydrogens (tertiary/aromatic N) is 1. The highest BCUT2D eigenvalue weighted by atomic mass is 19.4. The summed E-state index contributed by atoms with van der Waals surface area (Å²) < 4.78 is 38.8. The molecule has 1 aliphatic heterocycles. The Morgan fingerprint density at radius 3 is 2.56 bits per heavy atom. The summed E-state index contributed by atoms with van der Waals surface area (Å²) in [6, 6.07) is 0. The van der Waals surface area contributed by atoms with E-state index in [1.54, 1.807) is 0 Å². The summed E-state index contributed by atoms with van der Waals surface area (Å²) in [5, 5.41) is 2.70. The van der Waals surface area contributed by atoms with Gasteiger partial charge in [0.2, 0.25) is 0 Å². The van der Waals surface area contributed by atoms with Crippen LogP contribution in [-0.2, 0) is 0 Å². The van der Waals surface area contributed by atoms with Crippen LogP contribution in [0.1, 0.15) is 6.92 Å². The van der Waals surface area contributed by atoms with Crippen LogP contribution in [0.25, 0.3) is 0 Å². The third-order valence-corrected chi connectivity index (χ3v) is 2.59. The maximum atomic E-state index is 12.9. The van der Waals surface area contributed by atoms with E-state index in [1.807, 2.05) is 0 Å². The van der Waals surface area contributed by atoms with Crippen molar-refractivity contribution in [1.29, 1.82) is 0 Å². The molecule has 0 aliphatic carbocycles. The number of nitrogens with one attached hydrogen (secondary N) is 3. The molecule has 1 heterocycles. The highest BCUT2D eigenvalue weighted by Crippen LogP contribution is 2.45. The monoisotopic (exact) mass is 236 g/mol. The molecule has 7 heteroatoms. The van der Waals surface area contributed by atoms with Gasteiger partial charge < -0.3 is 10.7 Å². The summed E-state index contributed by atoms with van der Waals surface area (Å²) in [5.74, 6) is 0. The third kappa shape index (κ3) is 1.99. The van der Waals surface area contributed by atoms with Crippen molar-refractivity contribution < 1.29 is 13.2 Å². The van der Waals surface area contributed by atoms with Gasteiger partial charge in [-0.1, -0.05) is 0 Å². The minimum atomic E-state index is -4.32. The minimum absolute atomic E-state index is 0.0631. The van der Waals surface area contributed by atoms with Gasteiger partial charge >= 0.3 is 6.18 Å². The maximum Gasteiger partial charge on any atom is 0.401 e. The molecule has 3 N–H and O–H groups in total. The highest BCUT2D eigenvalue weighted by Gasteiger charge is 2.57. The average molecular weight is 236 g/mol. The summed E-state index contributed by atoms with van der Waals surface area (Å²) in [7, 11) is 3.03. The first-order valence-electron chi connectivity index (χ1n) is 4.77. The van der Waals surface area contributed by atoms with Crippen LogP contribution in [0, 0.1) is 5.41 Å². The summed E-state index contributed by atoms with van der Waals surface area (Å²) in [6.07, 6.45) is -2.95. The van der Waals surface area contributed by atoms with E-state index in [1.165, 1.54) is 20.3 Å². The Morgan fingerprint density at radius 2 is 2.12 bits per heavy atom. The Bertz CT molecular complexity index is 321. The highest BCUT2D eigenvalue weighted by molar-refractivity contribution is 5.80. The van der Waals surface area contributed by atoms with E-state index in [2.05, 4.69) is 21.2 Å². The van der Waals surface area contributed by atoms with E-state index >= 15 is 0 Å². The van der Waals surface area contributed by atoms with Crippen LogP contribution in [0.2, 0.25) is 0 Å². The fourth-order valence-electron chi connectivity index (χ4n) is 1.56. The second-order valence-corrected chi connectivity index (χ2v) is 3.73. The summed E-state index contributed by atoms with van der Waals surface area (Å²) >= 11 is 0. The van der Waals surface area contributed by atoms with Crippen molar-refractivity contribution in [2.24, 2.45) is 10.4 Å². The average Bonchev–Trinajstić information content (AvgIpc) is 2.48. The Balaban J connectivity index is 3.15. The van der Waals surface area contributed by atoms with Crippen molar-refractivity contribution in [3.8, 4) is 0 Å². The van der Waals surface area contributed by atoms with Crippen molar-refractivity contribution >= 4 is 6.21 Å². The molecular formula is C9H15F3N4. The zero-order valence-electron chi connectivity index (χ0n) is 9.37. The van der Waals surface area contributed by atoms with Gasteiger partial charge in [0.05, 0.1) is 11.4 Å². The van der Waals surface area contributed by atoms with Crippen LogP contribution >= 0.6 is 0 Å². The van der Waals surface area contributed by atoms with Gasteiger partial charge in [0, 0.05) is 26.9 Å². The van der Waals surface area contributed by atoms with E-state index in [9.17, 15) is 13.2 Å². The number of aliphatic imine (C=N–C) groups is 1. The zero-order chi connectivity index (χ0) is 12.4. The first kappa shape index (κ1) is 12.8. The largest absolute Gasteiger partial charge is 0.401 e. The molecule has 1 unspecified atom stereocenters. The van der Waals surface area contributed by atoms with E-state index in [0.717, 1.165) is 6.92 Å². The number of allylic oxidation sites excluding steroid dienone is 1. The molecule has 4 nitrogen and oxygen atoms in total. The third-order valence-electron chi connectivity index (χ3n) is 2.59. The number of hydrazine groups is 1. The molecule has 0 aromatic rings. The summed E-state index contributed by atoms with van der Waals surface area (Å²) in [6.45, 7) is 0.956. The van der Waals surface area contributed by atoms with Crippen molar-refractivity contribution in [1.82, 2.24) is 16.2 Å². The molecule has 0 saturated carbocycles. The lowest BCUT2D eigenvalue weighted by molar-refractivity contribution is -0.200. The Hall–Kier alpha value is -1.24. The van der Waals surface area contributed by atoms with Gasteiger partial charge in [0.25, 0.3) is 0 Å². The molecule has 0 saturated heterocycles. The van der Waals surface area contributed by atoms with Crippen LogP contribution in [0.3, 0.4) is 0 Å². The lowest BCUT2D eigenvalue weighted by Gasteiger charge is -2.29. The van der Waals surface area contributed by atoms with Gasteiger partial charge in [-0.3, -0.25) is 4.99 Å². The molecule has 1 rings (SSSR count). The van der Waals surface area contributed by atoms with Crippen molar-refractivity contribution in [3.63, 3.8) is 0 Å². The topological polar surface area (TPSA) is 48.5 Å². The van der Waals surface area contributed by atoms with Gasteiger partial charge in [-0.15, -0.1) is 0 Å². The second kappa shape index (κ2) is 4.32. The molecule has 92 valence electrons. The van der Waals surface area contributed by atoms with Gasteiger partial charge in [-0.05, 0) is 6.92 Å². The number of alkyl halides is 3. The van der Waals surface area contributed by atoms with Crippen LogP contribution in [0.15, 0.2) is 16.4 Å². The van der Waals surface area contributed by atoms with Crippen LogP contribution in [0.4, 0.5) is 13.2 Å². The molecule has 0 fully saturated rings. The molecule has 0 radical (unpaired) electrons. The maximum absolute atomic E-state index is 12.9. The standard InChI is InChI=1S/C9H15F3N4/c1-8(9(10,11)12)5-15-6(4-13-2)7(8)16-14-3/h4,14-16H,5H2,1-3H3/b13-4-. The Labute approximate surface area is 92.0 Å². The van der Waals surface area contributed by atoms with E-state index in [-0.39, 0.29) is 12.2 Å². The van der Waals surface area contributed by atoms with Gasteiger partial charge in [0.15, 0.2) is 0 Å². The lowest BCUT2D eigenvalue weighted by Crippen LogP contribution is -2.45. The smallest absolute Gasteiger partial charge is 0.381 e. The van der Waals surface area contributed by atoms with Gasteiger partial charge in [-0.2, -0.15) is 13.2 Å². The van der Waals surface area contributed by atoms with Crippen LogP contribution < -0.4 is 16.2 Å². The molecular weight excluding hydrogens is 221 g/mol. The predicted octanol–water partition coefficient (Wildman–Crippen LogP) is 0.794. The SMILES string of the molecule is C/N=C\C1=C(NNC)C(C)(C(F)(F)F)CN1. The van der Waals surface area contributed by atoms with Crippen LogP contribution in [0.5, 0.6) is 0 Å². The molecule has 16 heavy (non-hydrogen) atoms. The van der Waals surface area contributed by atoms with Gasteiger partial charge in [0.1, 0.15) is 5.41 Å². The number of rotatable bonds is 3. The normalized spacial score (nSPS) is 26.4. The van der Waals surface area contributed by atoms with Gasteiger partial charge in [-0.25, -0.2) is 5.43 Å². The van der Waals surface area contributed by atoms with Crippen molar-refractivity contribution in [2.45, 2.75) is 13.1 Å². The molecule has 0 bridgehead atoms. The number of hydrogen-bond donors (Lipinski definition) is 3. The lowest BCUT2D eigenvalue weighted by atomic mass is 9.88. The fraction of sp³-hybridized carbons (Fsp3) is 0.667. The summed E-state index contributed by atoms with van der Waals surface area (Å²) in [5.41, 5.74) is 3.55. The van der Waals surface area contributed by atoms with Crippen LogP contribution in [-0.4, -0.2) is 33.0 Å². The number of halogens is 3. The quantitative estimate of drug-likeness (QED) is 0.501. The van der Waals surface area contributed by atoms with Crippen molar-refractivity contribution in [2.75, 3.05) is 20.6 Å². The zero-order valence-corrected chi connectivity index (χ0v) is 9.37. The van der Waals surface area contributed by atoms with Crippen molar-refractivity contribution in [3.05, 3.63) is 11.4 Å². The summed E-state index contributed by atoms with van der Waals surface area (Å²) in [4.78, 5) is 3.72. The van der Waals surface area contributed by atoms with E-state index in [4.69, 9.17) is 0 Å². The predicted molar refractivity (Wildman–Crippen MR) is 55.8 cm³/mol. The number of hydrogen-bond acceptors (Lipinski definition) is 4. The molecule has 0 spiro atoms. The second-order valence-electron chi connectivity index (χ2n) is 3.73. The molecule has 0 aromatic heterocycles. The Morgan fingerprint density at radius 1 is 1.50 bits per heavy atom. The Kier molecular flexibility index (Phi) is 3.47. The molecule has 0 aromatic carbocycles. The molecule has 1 aliphatic rings. The minimum Gasteiger partial charge on any atom is -0.381 e. The molecule has 1 atom stereocenters. The fourth-order valence-corrected chi connectivity index (χ4v) is 1.56.